The first kappa shape index (κ1) is 21.0. The van der Waals surface area contributed by atoms with Gasteiger partial charge in [0.2, 0.25) is 0 Å². The van der Waals surface area contributed by atoms with Crippen LogP contribution in [0.2, 0.25) is 0 Å². The molecule has 148 valence electrons. The molecule has 2 aromatic carbocycles. The fraction of sp³-hybridized carbons (Fsp3) is 0.238. The van der Waals surface area contributed by atoms with E-state index in [2.05, 4.69) is 0 Å². The number of carboxylic acid groups (broad SMARTS) is 1. The van der Waals surface area contributed by atoms with E-state index in [9.17, 15) is 19.8 Å². The second-order valence-electron chi connectivity index (χ2n) is 6.43. The van der Waals surface area contributed by atoms with Crippen molar-refractivity contribution in [2.45, 2.75) is 26.3 Å². The highest BCUT2D eigenvalue weighted by Crippen LogP contribution is 2.30. The van der Waals surface area contributed by atoms with E-state index in [4.69, 9.17) is 15.3 Å². The second-order valence-corrected chi connectivity index (χ2v) is 6.43. The van der Waals surface area contributed by atoms with Crippen molar-refractivity contribution >= 4 is 16.9 Å². The van der Waals surface area contributed by atoms with Gasteiger partial charge in [0.1, 0.15) is 34.3 Å². The van der Waals surface area contributed by atoms with Gasteiger partial charge in [0.25, 0.3) is 0 Å². The molecule has 3 rings (SSSR count). The Labute approximate surface area is 161 Å². The van der Waals surface area contributed by atoms with E-state index in [1.54, 1.807) is 0 Å². The molecule has 3 aromatic rings. The van der Waals surface area contributed by atoms with Crippen LogP contribution in [0.1, 0.15) is 20.3 Å². The van der Waals surface area contributed by atoms with Crippen LogP contribution < -0.4 is 11.2 Å². The molecule has 0 amide bonds. The van der Waals surface area contributed by atoms with E-state index in [-0.39, 0.29) is 33.8 Å². The Morgan fingerprint density at radius 1 is 1.14 bits per heavy atom. The molecule has 7 heteroatoms. The Balaban J connectivity index is 0.000000266. The third-order valence-electron chi connectivity index (χ3n) is 4.40. The van der Waals surface area contributed by atoms with Crippen molar-refractivity contribution in [2.75, 3.05) is 0 Å². The molecule has 1 aromatic heterocycles. The zero-order chi connectivity index (χ0) is 20.8. The van der Waals surface area contributed by atoms with Gasteiger partial charge in [-0.1, -0.05) is 50.6 Å². The van der Waals surface area contributed by atoms with Crippen LogP contribution in [0.4, 0.5) is 0 Å². The predicted molar refractivity (Wildman–Crippen MR) is 106 cm³/mol. The number of rotatable bonds is 4. The van der Waals surface area contributed by atoms with Gasteiger partial charge < -0.3 is 25.5 Å². The lowest BCUT2D eigenvalue weighted by atomic mass is 10.0. The maximum absolute atomic E-state index is 12.0. The van der Waals surface area contributed by atoms with Gasteiger partial charge in [-0.15, -0.1) is 0 Å². The third-order valence-corrected chi connectivity index (χ3v) is 4.40. The zero-order valence-electron chi connectivity index (χ0n) is 15.6. The molecule has 0 aliphatic carbocycles. The van der Waals surface area contributed by atoms with Crippen molar-refractivity contribution in [3.05, 3.63) is 58.8 Å². The lowest BCUT2D eigenvalue weighted by molar-refractivity contribution is -0.139. The molecular weight excluding hydrogens is 362 g/mol. The highest BCUT2D eigenvalue weighted by molar-refractivity contribution is 5.85. The van der Waals surface area contributed by atoms with E-state index in [0.29, 0.717) is 5.76 Å². The molecule has 28 heavy (non-hydrogen) atoms. The van der Waals surface area contributed by atoms with Crippen LogP contribution in [0, 0.1) is 5.92 Å². The van der Waals surface area contributed by atoms with Crippen LogP contribution in [0.5, 0.6) is 11.5 Å². The number of hydrogen-bond donors (Lipinski definition) is 4. The monoisotopic (exact) mass is 385 g/mol. The number of carbonyl (C=O) groups is 1. The normalized spacial score (nSPS) is 12.7. The van der Waals surface area contributed by atoms with Crippen LogP contribution in [-0.2, 0) is 4.79 Å². The molecule has 0 spiro atoms. The van der Waals surface area contributed by atoms with E-state index < -0.39 is 12.0 Å². The van der Waals surface area contributed by atoms with Gasteiger partial charge in [-0.2, -0.15) is 0 Å². The Bertz CT molecular complexity index is 1010. The summed E-state index contributed by atoms with van der Waals surface area (Å²) >= 11 is 0. The Morgan fingerprint density at radius 2 is 1.79 bits per heavy atom. The average molecular weight is 385 g/mol. The molecule has 2 atom stereocenters. The van der Waals surface area contributed by atoms with E-state index >= 15 is 0 Å². The molecule has 0 saturated carbocycles. The van der Waals surface area contributed by atoms with Crippen molar-refractivity contribution in [1.82, 2.24) is 0 Å². The topological polar surface area (TPSA) is 134 Å². The van der Waals surface area contributed by atoms with Gasteiger partial charge in [0.05, 0.1) is 0 Å². The highest BCUT2D eigenvalue weighted by Gasteiger charge is 2.17. The molecule has 0 bridgehead atoms. The van der Waals surface area contributed by atoms with Gasteiger partial charge in [-0.3, -0.25) is 9.59 Å². The summed E-state index contributed by atoms with van der Waals surface area (Å²) in [4.78, 5) is 22.2. The molecular formula is C21H23NO6. The van der Waals surface area contributed by atoms with E-state index in [0.717, 1.165) is 18.1 Å². The number of nitrogens with two attached hydrogens (primary N) is 1. The lowest BCUT2D eigenvalue weighted by Gasteiger charge is -2.11. The van der Waals surface area contributed by atoms with Gasteiger partial charge in [0, 0.05) is 23.8 Å². The lowest BCUT2D eigenvalue weighted by Crippen LogP contribution is -2.36. The van der Waals surface area contributed by atoms with Crippen LogP contribution in [0.25, 0.3) is 22.3 Å². The largest absolute Gasteiger partial charge is 0.508 e. The first-order valence-electron chi connectivity index (χ1n) is 8.78. The van der Waals surface area contributed by atoms with E-state index in [1.165, 1.54) is 12.1 Å². The SMILES string of the molecule is CC[C@H](C)[C@H](N)C(=O)O.O=c1cc(-c2ccccc2)oc2cc(O)cc(O)c12. The summed E-state index contributed by atoms with van der Waals surface area (Å²) in [6.07, 6.45) is 0.813. The molecule has 1 heterocycles. The van der Waals surface area contributed by atoms with Crippen LogP contribution in [0.3, 0.4) is 0 Å². The number of benzene rings is 2. The summed E-state index contributed by atoms with van der Waals surface area (Å²) in [5.41, 5.74) is 5.83. The maximum Gasteiger partial charge on any atom is 0.320 e. The highest BCUT2D eigenvalue weighted by atomic mass is 16.4. The number of aliphatic carboxylic acids is 1. The molecule has 0 aliphatic heterocycles. The molecule has 5 N–H and O–H groups in total. The van der Waals surface area contributed by atoms with Crippen LogP contribution in [-0.4, -0.2) is 27.3 Å². The molecule has 0 aliphatic rings. The number of hydrogen-bond acceptors (Lipinski definition) is 6. The average Bonchev–Trinajstić information content (AvgIpc) is 2.66. The Morgan fingerprint density at radius 3 is 2.32 bits per heavy atom. The number of fused-ring (bicyclic) bond motifs is 1. The fourth-order valence-corrected chi connectivity index (χ4v) is 2.50. The summed E-state index contributed by atoms with van der Waals surface area (Å²) in [6.45, 7) is 3.76. The number of phenolic OH excluding ortho intramolecular Hbond substituents is 2. The first-order chi connectivity index (χ1) is 13.2. The van der Waals surface area contributed by atoms with Crippen molar-refractivity contribution in [2.24, 2.45) is 11.7 Å². The third kappa shape index (κ3) is 4.89. The molecule has 0 fully saturated rings. The summed E-state index contributed by atoms with van der Waals surface area (Å²) in [5.74, 6) is -0.892. The predicted octanol–water partition coefficient (Wildman–Crippen LogP) is 3.32. The summed E-state index contributed by atoms with van der Waals surface area (Å²) in [7, 11) is 0. The van der Waals surface area contributed by atoms with Crippen molar-refractivity contribution in [1.29, 1.82) is 0 Å². The van der Waals surface area contributed by atoms with Gasteiger partial charge in [-0.25, -0.2) is 0 Å². The molecule has 0 radical (unpaired) electrons. The van der Waals surface area contributed by atoms with E-state index in [1.807, 2.05) is 44.2 Å². The maximum atomic E-state index is 12.0. The van der Waals surface area contributed by atoms with Crippen LogP contribution >= 0.6 is 0 Å². The number of carboxylic acids is 1. The smallest absolute Gasteiger partial charge is 0.320 e. The van der Waals surface area contributed by atoms with Crippen molar-refractivity contribution < 1.29 is 24.5 Å². The first-order valence-corrected chi connectivity index (χ1v) is 8.78. The minimum absolute atomic E-state index is 0.0671. The summed E-state index contributed by atoms with van der Waals surface area (Å²) in [6, 6.07) is 12.2. The summed E-state index contributed by atoms with van der Waals surface area (Å²) in [5, 5.41) is 27.5. The molecule has 7 nitrogen and oxygen atoms in total. The standard InChI is InChI=1S/C15H10O4.C6H13NO2/c16-10-6-11(17)15-12(18)8-13(19-14(15)7-10)9-4-2-1-3-5-9;1-3-4(2)5(7)6(8)9/h1-8,16-17H;4-5H,3,7H2,1-2H3,(H,8,9)/t;4-,5-/m.0/s1. The minimum Gasteiger partial charge on any atom is -0.508 e. The van der Waals surface area contributed by atoms with Crippen molar-refractivity contribution in [3.8, 4) is 22.8 Å². The minimum atomic E-state index is -0.913. The van der Waals surface area contributed by atoms with Gasteiger partial charge in [0.15, 0.2) is 5.43 Å². The van der Waals surface area contributed by atoms with Crippen LogP contribution in [0.15, 0.2) is 57.7 Å². The summed E-state index contributed by atoms with van der Waals surface area (Å²) < 4.78 is 5.57. The quantitative estimate of drug-likeness (QED) is 0.541. The molecule has 0 unspecified atom stereocenters. The molecule has 0 saturated heterocycles. The zero-order valence-corrected chi connectivity index (χ0v) is 15.6. The van der Waals surface area contributed by atoms with Gasteiger partial charge >= 0.3 is 5.97 Å². The van der Waals surface area contributed by atoms with Gasteiger partial charge in [-0.05, 0) is 5.92 Å². The number of aromatic hydroxyl groups is 2. The van der Waals surface area contributed by atoms with Crippen molar-refractivity contribution in [3.63, 3.8) is 0 Å². The second kappa shape index (κ2) is 9.05. The number of phenols is 2. The Hall–Kier alpha value is -3.32. The Kier molecular flexibility index (Phi) is 6.79. The fourth-order valence-electron chi connectivity index (χ4n) is 2.50.